The standard InChI is InChI=1S/C27H29N3O5/c1-27(21-11-10-19-7-5-6-8-20(19)16-21)25(32)30(26(33)28-27)17-24(31)29(2)14-13-18-9-12-22(34-3)23(15-18)35-4/h5-12,15-16H,13-14,17H2,1-4H3,(H,28,33). The number of hydrogen-bond donors (Lipinski definition) is 1. The number of likely N-dealkylation sites (N-methyl/N-ethyl adjacent to an activating group) is 1. The molecule has 0 bridgehead atoms. The fraction of sp³-hybridized carbons (Fsp3) is 0.296. The highest BCUT2D eigenvalue weighted by atomic mass is 16.5. The molecule has 1 aliphatic rings. The number of rotatable bonds is 8. The molecule has 8 heteroatoms. The second-order valence-corrected chi connectivity index (χ2v) is 8.76. The quantitative estimate of drug-likeness (QED) is 0.505. The van der Waals surface area contributed by atoms with Gasteiger partial charge in [-0.1, -0.05) is 42.5 Å². The molecule has 3 aromatic carbocycles. The van der Waals surface area contributed by atoms with Gasteiger partial charge >= 0.3 is 6.03 Å². The molecule has 0 aromatic heterocycles. The van der Waals surface area contributed by atoms with Crippen LogP contribution in [0.5, 0.6) is 11.5 Å². The fourth-order valence-corrected chi connectivity index (χ4v) is 4.25. The van der Waals surface area contributed by atoms with Crippen molar-refractivity contribution in [3.05, 3.63) is 71.8 Å². The Bertz CT molecular complexity index is 1290. The van der Waals surface area contributed by atoms with Crippen LogP contribution in [0.3, 0.4) is 0 Å². The van der Waals surface area contributed by atoms with Gasteiger partial charge in [-0.2, -0.15) is 0 Å². The van der Waals surface area contributed by atoms with Crippen LogP contribution in [0.25, 0.3) is 10.8 Å². The van der Waals surface area contributed by atoms with Gasteiger partial charge in [0.15, 0.2) is 11.5 Å². The lowest BCUT2D eigenvalue weighted by Gasteiger charge is -2.23. The number of methoxy groups -OCH3 is 2. The van der Waals surface area contributed by atoms with Crippen molar-refractivity contribution in [1.82, 2.24) is 15.1 Å². The van der Waals surface area contributed by atoms with Crippen LogP contribution in [0.4, 0.5) is 4.79 Å². The summed E-state index contributed by atoms with van der Waals surface area (Å²) in [6.07, 6.45) is 0.581. The maximum atomic E-state index is 13.3. The lowest BCUT2D eigenvalue weighted by Crippen LogP contribution is -2.44. The van der Waals surface area contributed by atoms with Gasteiger partial charge in [0, 0.05) is 13.6 Å². The van der Waals surface area contributed by atoms with Crippen LogP contribution in [0.15, 0.2) is 60.7 Å². The first-order valence-electron chi connectivity index (χ1n) is 11.3. The third-order valence-electron chi connectivity index (χ3n) is 6.50. The molecule has 182 valence electrons. The summed E-state index contributed by atoms with van der Waals surface area (Å²) in [5, 5.41) is 4.79. The number of carbonyl (C=O) groups is 3. The topological polar surface area (TPSA) is 88.2 Å². The van der Waals surface area contributed by atoms with Crippen molar-refractivity contribution < 1.29 is 23.9 Å². The van der Waals surface area contributed by atoms with Gasteiger partial charge in [-0.05, 0) is 53.4 Å². The molecule has 1 atom stereocenters. The van der Waals surface area contributed by atoms with E-state index in [-0.39, 0.29) is 12.5 Å². The number of amides is 4. The fourth-order valence-electron chi connectivity index (χ4n) is 4.25. The molecule has 35 heavy (non-hydrogen) atoms. The number of fused-ring (bicyclic) bond motifs is 1. The van der Waals surface area contributed by atoms with E-state index >= 15 is 0 Å². The van der Waals surface area contributed by atoms with E-state index < -0.39 is 17.5 Å². The molecular formula is C27H29N3O5. The second kappa shape index (κ2) is 9.66. The third kappa shape index (κ3) is 4.64. The van der Waals surface area contributed by atoms with E-state index in [1.54, 1.807) is 28.2 Å². The van der Waals surface area contributed by atoms with E-state index in [0.29, 0.717) is 30.0 Å². The predicted molar refractivity (Wildman–Crippen MR) is 132 cm³/mol. The Morgan fingerprint density at radius 1 is 0.971 bits per heavy atom. The van der Waals surface area contributed by atoms with Crippen molar-refractivity contribution in [3.63, 3.8) is 0 Å². The van der Waals surface area contributed by atoms with E-state index in [1.807, 2.05) is 60.7 Å². The van der Waals surface area contributed by atoms with Gasteiger partial charge in [0.05, 0.1) is 14.2 Å². The van der Waals surface area contributed by atoms with Crippen LogP contribution in [0.1, 0.15) is 18.1 Å². The molecule has 1 N–H and O–H groups in total. The van der Waals surface area contributed by atoms with Gasteiger partial charge in [0.1, 0.15) is 12.1 Å². The lowest BCUT2D eigenvalue weighted by molar-refractivity contribution is -0.138. The molecule has 1 fully saturated rings. The van der Waals surface area contributed by atoms with Gasteiger partial charge in [-0.25, -0.2) is 4.79 Å². The zero-order chi connectivity index (χ0) is 25.2. The van der Waals surface area contributed by atoms with Crippen molar-refractivity contribution in [2.45, 2.75) is 18.9 Å². The summed E-state index contributed by atoms with van der Waals surface area (Å²) in [5.41, 5.74) is 0.409. The molecule has 1 saturated heterocycles. The van der Waals surface area contributed by atoms with Crippen LogP contribution in [0.2, 0.25) is 0 Å². The molecule has 1 unspecified atom stereocenters. The van der Waals surface area contributed by atoms with Crippen molar-refractivity contribution in [1.29, 1.82) is 0 Å². The number of hydrogen-bond acceptors (Lipinski definition) is 5. The number of nitrogens with zero attached hydrogens (tertiary/aromatic N) is 2. The lowest BCUT2D eigenvalue weighted by atomic mass is 9.90. The maximum Gasteiger partial charge on any atom is 0.325 e. The van der Waals surface area contributed by atoms with Crippen LogP contribution < -0.4 is 14.8 Å². The molecule has 4 amide bonds. The highest BCUT2D eigenvalue weighted by molar-refractivity contribution is 6.09. The third-order valence-corrected chi connectivity index (χ3v) is 6.50. The Morgan fingerprint density at radius 3 is 2.40 bits per heavy atom. The Labute approximate surface area is 204 Å². The van der Waals surface area contributed by atoms with Crippen LogP contribution in [-0.2, 0) is 21.5 Å². The van der Waals surface area contributed by atoms with E-state index in [0.717, 1.165) is 21.2 Å². The summed E-state index contributed by atoms with van der Waals surface area (Å²) in [5.74, 6) is 0.483. The summed E-state index contributed by atoms with van der Waals surface area (Å²) in [6, 6.07) is 18.5. The minimum Gasteiger partial charge on any atom is -0.493 e. The number of urea groups is 1. The number of benzene rings is 3. The first-order valence-corrected chi connectivity index (χ1v) is 11.3. The highest BCUT2D eigenvalue weighted by Gasteiger charge is 2.49. The molecule has 1 heterocycles. The summed E-state index contributed by atoms with van der Waals surface area (Å²) in [7, 11) is 4.80. The first-order chi connectivity index (χ1) is 16.8. The Morgan fingerprint density at radius 2 is 1.69 bits per heavy atom. The Balaban J connectivity index is 1.42. The van der Waals surface area contributed by atoms with Crippen LogP contribution in [-0.4, -0.2) is 62.0 Å². The van der Waals surface area contributed by atoms with Crippen LogP contribution in [0, 0.1) is 0 Å². The van der Waals surface area contributed by atoms with E-state index in [9.17, 15) is 14.4 Å². The van der Waals surface area contributed by atoms with Crippen molar-refractivity contribution in [2.75, 3.05) is 34.4 Å². The molecular weight excluding hydrogens is 446 g/mol. The Kier molecular flexibility index (Phi) is 6.64. The second-order valence-electron chi connectivity index (χ2n) is 8.76. The van der Waals surface area contributed by atoms with Crippen molar-refractivity contribution in [2.24, 2.45) is 0 Å². The molecule has 3 aromatic rings. The van der Waals surface area contributed by atoms with Gasteiger partial charge in [0.2, 0.25) is 5.91 Å². The average molecular weight is 476 g/mol. The first kappa shape index (κ1) is 24.1. The highest BCUT2D eigenvalue weighted by Crippen LogP contribution is 2.31. The Hall–Kier alpha value is -4.07. The molecule has 0 aliphatic carbocycles. The van der Waals surface area contributed by atoms with Crippen LogP contribution >= 0.6 is 0 Å². The maximum absolute atomic E-state index is 13.3. The number of imide groups is 1. The van der Waals surface area contributed by atoms with E-state index in [4.69, 9.17) is 9.47 Å². The van der Waals surface area contributed by atoms with Crippen molar-refractivity contribution >= 4 is 28.6 Å². The number of carbonyl (C=O) groups excluding carboxylic acids is 3. The minimum absolute atomic E-state index is 0.322. The van der Waals surface area contributed by atoms with Crippen molar-refractivity contribution in [3.8, 4) is 11.5 Å². The molecule has 8 nitrogen and oxygen atoms in total. The summed E-state index contributed by atoms with van der Waals surface area (Å²) in [4.78, 5) is 41.4. The number of nitrogens with one attached hydrogen (secondary N) is 1. The van der Waals surface area contributed by atoms with Gasteiger partial charge < -0.3 is 19.7 Å². The van der Waals surface area contributed by atoms with Gasteiger partial charge in [0.25, 0.3) is 5.91 Å². The molecule has 0 radical (unpaired) electrons. The summed E-state index contributed by atoms with van der Waals surface area (Å²) < 4.78 is 10.6. The zero-order valence-electron chi connectivity index (χ0n) is 20.3. The molecule has 0 spiro atoms. The predicted octanol–water partition coefficient (Wildman–Crippen LogP) is 3.33. The normalized spacial score (nSPS) is 17.4. The smallest absolute Gasteiger partial charge is 0.325 e. The average Bonchev–Trinajstić information content (AvgIpc) is 3.10. The van der Waals surface area contributed by atoms with Gasteiger partial charge in [-0.3, -0.25) is 14.5 Å². The van der Waals surface area contributed by atoms with E-state index in [1.165, 1.54) is 4.90 Å². The number of ether oxygens (including phenoxy) is 2. The SMILES string of the molecule is COc1ccc(CCN(C)C(=O)CN2C(=O)NC(C)(c3ccc4ccccc4c3)C2=O)cc1OC. The minimum atomic E-state index is -1.24. The summed E-state index contributed by atoms with van der Waals surface area (Å²) in [6.45, 7) is 1.76. The molecule has 0 saturated carbocycles. The summed E-state index contributed by atoms with van der Waals surface area (Å²) >= 11 is 0. The molecule has 4 rings (SSSR count). The largest absolute Gasteiger partial charge is 0.493 e. The van der Waals surface area contributed by atoms with Gasteiger partial charge in [-0.15, -0.1) is 0 Å². The zero-order valence-corrected chi connectivity index (χ0v) is 20.3. The molecule has 1 aliphatic heterocycles. The monoisotopic (exact) mass is 475 g/mol. The van der Waals surface area contributed by atoms with E-state index in [2.05, 4.69) is 5.32 Å².